The Labute approximate surface area is 206 Å². The zero-order valence-electron chi connectivity index (χ0n) is 22.6. The van der Waals surface area contributed by atoms with Crippen LogP contribution in [-0.2, 0) is 4.79 Å². The van der Waals surface area contributed by atoms with Crippen molar-refractivity contribution < 1.29 is 20.1 Å². The minimum absolute atomic E-state index is 0.00785. The van der Waals surface area contributed by atoms with E-state index in [0.29, 0.717) is 18.3 Å². The van der Waals surface area contributed by atoms with Crippen LogP contribution in [0.25, 0.3) is 0 Å². The highest BCUT2D eigenvalue weighted by Gasteiger charge is 2.70. The average molecular weight is 473 g/mol. The molecule has 192 valence electrons. The molecule has 0 aromatic heterocycles. The van der Waals surface area contributed by atoms with Crippen molar-refractivity contribution in [3.63, 3.8) is 0 Å². The molecule has 0 heterocycles. The molecule has 3 N–H and O–H groups in total. The summed E-state index contributed by atoms with van der Waals surface area (Å²) < 4.78 is 0. The van der Waals surface area contributed by atoms with Gasteiger partial charge in [-0.2, -0.15) is 0 Å². The van der Waals surface area contributed by atoms with Gasteiger partial charge < -0.3 is 15.3 Å². The van der Waals surface area contributed by atoms with E-state index in [0.717, 1.165) is 51.4 Å². The van der Waals surface area contributed by atoms with Crippen LogP contribution in [0.2, 0.25) is 0 Å². The van der Waals surface area contributed by atoms with Crippen LogP contribution in [0.15, 0.2) is 11.6 Å². The highest BCUT2D eigenvalue weighted by atomic mass is 16.4. The van der Waals surface area contributed by atoms with Crippen LogP contribution < -0.4 is 0 Å². The van der Waals surface area contributed by atoms with Gasteiger partial charge in [0.25, 0.3) is 0 Å². The van der Waals surface area contributed by atoms with Gasteiger partial charge in [-0.15, -0.1) is 0 Å². The molecule has 4 nitrogen and oxygen atoms in total. The summed E-state index contributed by atoms with van der Waals surface area (Å²) in [5, 5.41) is 32.4. The minimum atomic E-state index is -0.680. The van der Waals surface area contributed by atoms with Crippen LogP contribution in [0.5, 0.6) is 0 Å². The summed E-state index contributed by atoms with van der Waals surface area (Å²) in [5.74, 6) is 0.381. The van der Waals surface area contributed by atoms with Crippen molar-refractivity contribution in [1.82, 2.24) is 0 Å². The van der Waals surface area contributed by atoms with E-state index in [1.54, 1.807) is 5.57 Å². The molecule has 0 saturated heterocycles. The molecule has 0 aliphatic heterocycles. The summed E-state index contributed by atoms with van der Waals surface area (Å²) in [7, 11) is 0. The topological polar surface area (TPSA) is 77.8 Å². The number of aliphatic hydroxyl groups excluding tert-OH is 2. The Morgan fingerprint density at radius 2 is 1.53 bits per heavy atom. The number of fused-ring (bicyclic) bond motifs is 7. The van der Waals surface area contributed by atoms with Crippen LogP contribution in [0.1, 0.15) is 106 Å². The second-order valence-electron chi connectivity index (χ2n) is 15.2. The predicted octanol–water partition coefficient (Wildman–Crippen LogP) is 6.20. The van der Waals surface area contributed by atoms with E-state index in [2.05, 4.69) is 54.5 Å². The molecule has 0 aromatic carbocycles. The lowest BCUT2D eigenvalue weighted by Gasteiger charge is -2.70. The number of aliphatic carboxylic acids is 1. The van der Waals surface area contributed by atoms with Gasteiger partial charge in [0.2, 0.25) is 0 Å². The fourth-order valence-corrected chi connectivity index (χ4v) is 10.6. The maximum Gasteiger partial charge on any atom is 0.309 e. The molecule has 4 saturated carbocycles. The fourth-order valence-electron chi connectivity index (χ4n) is 10.6. The number of hydrogen-bond acceptors (Lipinski definition) is 3. The van der Waals surface area contributed by atoms with Gasteiger partial charge in [-0.1, -0.05) is 60.1 Å². The molecule has 0 unspecified atom stereocenters. The Kier molecular flexibility index (Phi) is 5.20. The van der Waals surface area contributed by atoms with E-state index in [1.807, 2.05) is 0 Å². The largest absolute Gasteiger partial charge is 0.481 e. The maximum atomic E-state index is 12.8. The molecule has 5 aliphatic carbocycles. The van der Waals surface area contributed by atoms with E-state index in [9.17, 15) is 20.1 Å². The number of hydrogen-bond donors (Lipinski definition) is 3. The highest BCUT2D eigenvalue weighted by Crippen LogP contribution is 2.75. The standard InChI is InChI=1S/C30H48O4/c1-25(2)12-14-30(24(33)34)15-13-28(6)19-8-9-21-26(3,4)23(32)20(31)16-27(21,5)18(19)10-11-29(28,7)22(30)17-25/h8,18,20-23,31-32H,9-17H2,1-7H3,(H,33,34)/t18-,20+,21-,22-,23-,27+,28+,29-,30-/m0/s1. The second kappa shape index (κ2) is 7.12. The summed E-state index contributed by atoms with van der Waals surface area (Å²) in [6, 6.07) is 0. The number of carboxylic acids is 1. The first-order valence-corrected chi connectivity index (χ1v) is 13.9. The maximum absolute atomic E-state index is 12.8. The Hall–Kier alpha value is -0.870. The number of carboxylic acid groups (broad SMARTS) is 1. The first-order valence-electron chi connectivity index (χ1n) is 13.9. The molecule has 0 radical (unpaired) electrons. The Morgan fingerprint density at radius 1 is 0.882 bits per heavy atom. The van der Waals surface area contributed by atoms with Crippen molar-refractivity contribution in [1.29, 1.82) is 0 Å². The van der Waals surface area contributed by atoms with E-state index < -0.39 is 23.6 Å². The minimum Gasteiger partial charge on any atom is -0.481 e. The molecular weight excluding hydrogens is 424 g/mol. The van der Waals surface area contributed by atoms with Gasteiger partial charge in [0.15, 0.2) is 0 Å². The monoisotopic (exact) mass is 472 g/mol. The molecule has 0 amide bonds. The van der Waals surface area contributed by atoms with E-state index in [1.165, 1.54) is 0 Å². The van der Waals surface area contributed by atoms with E-state index >= 15 is 0 Å². The number of allylic oxidation sites excluding steroid dienone is 2. The van der Waals surface area contributed by atoms with Crippen LogP contribution in [0.4, 0.5) is 0 Å². The Morgan fingerprint density at radius 3 is 2.18 bits per heavy atom. The average Bonchev–Trinajstić information content (AvgIpc) is 2.73. The first kappa shape index (κ1) is 24.8. The zero-order valence-corrected chi connectivity index (χ0v) is 22.6. The molecule has 5 aliphatic rings. The quantitative estimate of drug-likeness (QED) is 0.397. The van der Waals surface area contributed by atoms with Crippen LogP contribution in [0, 0.1) is 50.2 Å². The molecule has 5 rings (SSSR count). The van der Waals surface area contributed by atoms with E-state index in [-0.39, 0.29) is 33.0 Å². The molecule has 0 bridgehead atoms. The first-order chi connectivity index (χ1) is 15.6. The lowest BCUT2D eigenvalue weighted by Crippen LogP contribution is -2.66. The Balaban J connectivity index is 1.60. The van der Waals surface area contributed by atoms with Crippen molar-refractivity contribution in [2.75, 3.05) is 0 Å². The Bertz CT molecular complexity index is 919. The molecule has 34 heavy (non-hydrogen) atoms. The van der Waals surface area contributed by atoms with Gasteiger partial charge in [-0.25, -0.2) is 0 Å². The summed E-state index contributed by atoms with van der Waals surface area (Å²) >= 11 is 0. The van der Waals surface area contributed by atoms with Crippen LogP contribution in [0.3, 0.4) is 0 Å². The molecule has 4 heteroatoms. The number of rotatable bonds is 1. The van der Waals surface area contributed by atoms with Gasteiger partial charge in [0.05, 0.1) is 17.6 Å². The molecule has 0 spiro atoms. The third-order valence-corrected chi connectivity index (χ3v) is 13.0. The van der Waals surface area contributed by atoms with E-state index in [4.69, 9.17) is 0 Å². The van der Waals surface area contributed by atoms with Gasteiger partial charge in [0, 0.05) is 0 Å². The predicted molar refractivity (Wildman–Crippen MR) is 134 cm³/mol. The van der Waals surface area contributed by atoms with Gasteiger partial charge in [-0.05, 0) is 103 Å². The highest BCUT2D eigenvalue weighted by molar-refractivity contribution is 5.76. The van der Waals surface area contributed by atoms with Crippen molar-refractivity contribution in [3.05, 3.63) is 11.6 Å². The molecule has 9 atom stereocenters. The van der Waals surface area contributed by atoms with Crippen molar-refractivity contribution in [2.45, 2.75) is 118 Å². The summed E-state index contributed by atoms with van der Waals surface area (Å²) in [4.78, 5) is 12.8. The summed E-state index contributed by atoms with van der Waals surface area (Å²) in [6.07, 6.45) is 9.44. The lowest BCUT2D eigenvalue weighted by atomic mass is 9.33. The lowest BCUT2D eigenvalue weighted by molar-refractivity contribution is -0.208. The number of carbonyl (C=O) groups is 1. The van der Waals surface area contributed by atoms with Crippen LogP contribution >= 0.6 is 0 Å². The van der Waals surface area contributed by atoms with Gasteiger partial charge in [-0.3, -0.25) is 4.79 Å². The normalized spacial score (nSPS) is 53.4. The third-order valence-electron chi connectivity index (χ3n) is 13.0. The van der Waals surface area contributed by atoms with Crippen molar-refractivity contribution >= 4 is 5.97 Å². The summed E-state index contributed by atoms with van der Waals surface area (Å²) in [5.41, 5.74) is 0.764. The van der Waals surface area contributed by atoms with Gasteiger partial charge in [0.1, 0.15) is 0 Å². The van der Waals surface area contributed by atoms with Crippen molar-refractivity contribution in [2.24, 2.45) is 50.2 Å². The summed E-state index contributed by atoms with van der Waals surface area (Å²) in [6.45, 7) is 16.2. The number of aliphatic hydroxyl groups is 2. The molecule has 0 aromatic rings. The van der Waals surface area contributed by atoms with Crippen molar-refractivity contribution in [3.8, 4) is 0 Å². The zero-order chi connectivity index (χ0) is 25.1. The SMILES string of the molecule is CC1(C)CC[C@]2(C(=O)O)CC[C@]3(C)C4=CC[C@H]5C(C)(C)[C@@H](O)[C@H](O)C[C@]5(C)[C@H]4CC[C@@]3(C)[C@@H]2C1. The molecular formula is C30H48O4. The second-order valence-corrected chi connectivity index (χ2v) is 15.2. The van der Waals surface area contributed by atoms with Gasteiger partial charge >= 0.3 is 5.97 Å². The third kappa shape index (κ3) is 2.88. The smallest absolute Gasteiger partial charge is 0.309 e. The van der Waals surface area contributed by atoms with Crippen LogP contribution in [-0.4, -0.2) is 33.5 Å². The fraction of sp³-hybridized carbons (Fsp3) is 0.900. The molecule has 4 fully saturated rings.